The van der Waals surface area contributed by atoms with Crippen LogP contribution in [0.25, 0.3) is 49.7 Å². The minimum atomic E-state index is -2.76. The maximum Gasteiger partial charge on any atom is 0.336 e. The van der Waals surface area contributed by atoms with E-state index in [1.807, 2.05) is 0 Å². The number of ether oxygens (including phenoxy) is 1. The lowest BCUT2D eigenvalue weighted by molar-refractivity contribution is 0.487. The molecule has 5 heteroatoms. The summed E-state index contributed by atoms with van der Waals surface area (Å²) in [5.41, 5.74) is 12.8. The van der Waals surface area contributed by atoms with Crippen molar-refractivity contribution in [3.05, 3.63) is 249 Å². The third-order valence-corrected chi connectivity index (χ3v) is 18.5. The van der Waals surface area contributed by atoms with Crippen LogP contribution in [0.3, 0.4) is 0 Å². The first-order chi connectivity index (χ1) is 32.3. The number of anilines is 2. The molecule has 0 spiro atoms. The van der Waals surface area contributed by atoms with Crippen molar-refractivity contribution in [1.82, 2.24) is 4.57 Å². The Morgan fingerprint density at radius 2 is 0.908 bits per heavy atom. The standard InChI is InChI=1S/C60H41BN2OSi/c1-5-21-44(22-6-1)63-57-37-36-43(42-20-19-29-49(38-42)65(46-23-7-2-8-24-46,47-25-9-3-10-26-47)48-27-11-4-12-28-48)39-52(57)53-40-45(41-59-60(53)61(63)54-32-15-18-35-58(54)64-59)62-55-33-16-13-30-50(55)51-31-14-17-34-56(51)62/h1-41H. The van der Waals surface area contributed by atoms with Crippen LogP contribution in [-0.2, 0) is 0 Å². The molecule has 304 valence electrons. The molecule has 0 bridgehead atoms. The summed E-state index contributed by atoms with van der Waals surface area (Å²) in [5, 5.41) is 7.89. The molecule has 11 aromatic rings. The van der Waals surface area contributed by atoms with Gasteiger partial charge in [-0.15, -0.1) is 0 Å². The fourth-order valence-electron chi connectivity index (χ4n) is 11.0. The lowest BCUT2D eigenvalue weighted by Crippen LogP contribution is -2.74. The van der Waals surface area contributed by atoms with Crippen LogP contribution < -0.4 is 41.2 Å². The number of rotatable bonds is 7. The van der Waals surface area contributed by atoms with Crippen molar-refractivity contribution in [2.75, 3.05) is 4.81 Å². The molecular formula is C60H41BN2OSi. The van der Waals surface area contributed by atoms with Crippen LogP contribution in [0.15, 0.2) is 249 Å². The lowest BCUT2D eigenvalue weighted by Gasteiger charge is -2.42. The van der Waals surface area contributed by atoms with Crippen molar-refractivity contribution in [2.24, 2.45) is 0 Å². The molecule has 1 aromatic heterocycles. The minimum Gasteiger partial charge on any atom is -0.458 e. The number of para-hydroxylation sites is 4. The second-order valence-electron chi connectivity index (χ2n) is 17.2. The van der Waals surface area contributed by atoms with Gasteiger partial charge in [-0.1, -0.05) is 194 Å². The summed E-state index contributed by atoms with van der Waals surface area (Å²) >= 11 is 0. The molecule has 0 N–H and O–H groups in total. The average Bonchev–Trinajstić information content (AvgIpc) is 3.72. The molecule has 0 radical (unpaired) electrons. The summed E-state index contributed by atoms with van der Waals surface area (Å²) in [4.78, 5) is 2.53. The van der Waals surface area contributed by atoms with E-state index in [1.165, 1.54) is 70.3 Å². The van der Waals surface area contributed by atoms with Gasteiger partial charge in [0, 0.05) is 39.2 Å². The second kappa shape index (κ2) is 15.0. The van der Waals surface area contributed by atoms with Crippen LogP contribution in [-0.4, -0.2) is 19.5 Å². The van der Waals surface area contributed by atoms with Crippen LogP contribution in [0.2, 0.25) is 0 Å². The predicted molar refractivity (Wildman–Crippen MR) is 275 cm³/mol. The predicted octanol–water partition coefficient (Wildman–Crippen LogP) is 10.9. The van der Waals surface area contributed by atoms with Gasteiger partial charge in [-0.05, 0) is 91.4 Å². The highest BCUT2D eigenvalue weighted by molar-refractivity contribution is 7.20. The molecule has 65 heavy (non-hydrogen) atoms. The lowest BCUT2D eigenvalue weighted by atomic mass is 9.44. The Hall–Kier alpha value is -8.12. The maximum atomic E-state index is 7.05. The molecule has 2 aliphatic rings. The molecule has 13 rings (SSSR count). The Balaban J connectivity index is 1.07. The van der Waals surface area contributed by atoms with E-state index < -0.39 is 8.07 Å². The van der Waals surface area contributed by atoms with Crippen LogP contribution in [0.1, 0.15) is 0 Å². The molecule has 0 saturated heterocycles. The largest absolute Gasteiger partial charge is 0.458 e. The van der Waals surface area contributed by atoms with Gasteiger partial charge in [0.2, 0.25) is 0 Å². The van der Waals surface area contributed by atoms with Crippen LogP contribution >= 0.6 is 0 Å². The van der Waals surface area contributed by atoms with Gasteiger partial charge in [0.25, 0.3) is 0 Å². The summed E-state index contributed by atoms with van der Waals surface area (Å²) in [7, 11) is -2.76. The Bertz CT molecular complexity index is 3440. The van der Waals surface area contributed by atoms with Gasteiger partial charge in [0.15, 0.2) is 8.07 Å². The summed E-state index contributed by atoms with van der Waals surface area (Å²) < 4.78 is 9.46. The molecule has 3 heterocycles. The Morgan fingerprint density at radius 3 is 1.55 bits per heavy atom. The maximum absolute atomic E-state index is 7.05. The van der Waals surface area contributed by atoms with Crippen LogP contribution in [0.5, 0.6) is 11.5 Å². The topological polar surface area (TPSA) is 17.4 Å². The highest BCUT2D eigenvalue weighted by atomic mass is 28.3. The second-order valence-corrected chi connectivity index (χ2v) is 21.0. The van der Waals surface area contributed by atoms with E-state index in [2.05, 4.69) is 258 Å². The zero-order valence-corrected chi connectivity index (χ0v) is 36.6. The highest BCUT2D eigenvalue weighted by Crippen LogP contribution is 2.46. The van der Waals surface area contributed by atoms with Gasteiger partial charge in [0.1, 0.15) is 11.5 Å². The fourth-order valence-corrected chi connectivity index (χ4v) is 15.8. The molecule has 0 amide bonds. The molecule has 0 unspecified atom stereocenters. The van der Waals surface area contributed by atoms with Gasteiger partial charge in [0.05, 0.1) is 16.7 Å². The van der Waals surface area contributed by atoms with Crippen LogP contribution in [0, 0.1) is 0 Å². The van der Waals surface area contributed by atoms with Gasteiger partial charge >= 0.3 is 6.85 Å². The summed E-state index contributed by atoms with van der Waals surface area (Å²) in [6, 6.07) is 91.7. The van der Waals surface area contributed by atoms with E-state index in [0.29, 0.717) is 0 Å². The first-order valence-electron chi connectivity index (χ1n) is 22.5. The zero-order valence-electron chi connectivity index (χ0n) is 35.6. The van der Waals surface area contributed by atoms with Crippen LogP contribution in [0.4, 0.5) is 11.4 Å². The van der Waals surface area contributed by atoms with Crippen molar-refractivity contribution in [1.29, 1.82) is 0 Å². The van der Waals surface area contributed by atoms with Gasteiger partial charge < -0.3 is 14.1 Å². The molecule has 0 atom stereocenters. The molecule has 0 aliphatic carbocycles. The van der Waals surface area contributed by atoms with Crippen molar-refractivity contribution in [3.8, 4) is 39.4 Å². The number of nitrogens with zero attached hydrogens (tertiary/aromatic N) is 2. The molecule has 0 fully saturated rings. The van der Waals surface area contributed by atoms with E-state index in [4.69, 9.17) is 4.74 Å². The molecular weight excluding hydrogens is 804 g/mol. The average molecular weight is 845 g/mol. The third-order valence-electron chi connectivity index (χ3n) is 13.8. The third kappa shape index (κ3) is 5.76. The van der Waals surface area contributed by atoms with E-state index in [-0.39, 0.29) is 6.85 Å². The Morgan fingerprint density at radius 1 is 0.369 bits per heavy atom. The van der Waals surface area contributed by atoms with Gasteiger partial charge in [-0.3, -0.25) is 0 Å². The summed E-state index contributed by atoms with van der Waals surface area (Å²) in [6.45, 7) is -0.101. The highest BCUT2D eigenvalue weighted by Gasteiger charge is 2.45. The van der Waals surface area contributed by atoms with Gasteiger partial charge in [-0.2, -0.15) is 0 Å². The van der Waals surface area contributed by atoms with E-state index in [9.17, 15) is 0 Å². The number of benzene rings is 10. The quantitative estimate of drug-likeness (QED) is 0.117. The first kappa shape index (κ1) is 37.4. The number of fused-ring (bicyclic) bond motifs is 7. The Labute approximate surface area is 380 Å². The smallest absolute Gasteiger partial charge is 0.336 e. The number of aromatic nitrogens is 1. The summed E-state index contributed by atoms with van der Waals surface area (Å²) in [6.07, 6.45) is 0. The van der Waals surface area contributed by atoms with E-state index in [1.54, 1.807) is 0 Å². The van der Waals surface area contributed by atoms with Crippen molar-refractivity contribution in [2.45, 2.75) is 0 Å². The molecule has 2 aliphatic heterocycles. The first-order valence-corrected chi connectivity index (χ1v) is 24.5. The number of hydrogen-bond donors (Lipinski definition) is 0. The molecule has 0 saturated carbocycles. The van der Waals surface area contributed by atoms with Crippen molar-refractivity contribution >= 4 is 79.8 Å². The van der Waals surface area contributed by atoms with E-state index in [0.717, 1.165) is 34.0 Å². The number of hydrogen-bond acceptors (Lipinski definition) is 2. The Kier molecular flexibility index (Phi) is 8.65. The normalized spacial score (nSPS) is 12.7. The molecule has 3 nitrogen and oxygen atoms in total. The SMILES string of the molecule is c1ccc(N2B3c4ccccc4Oc4cc(-n5c6ccccc6c6ccccc65)cc(c43)-c3cc(-c4cccc([Si](c5ccccc5)(c5ccccc5)c5ccccc5)c4)ccc32)cc1. The van der Waals surface area contributed by atoms with Crippen molar-refractivity contribution < 1.29 is 4.74 Å². The monoisotopic (exact) mass is 844 g/mol. The fraction of sp³-hybridized carbons (Fsp3) is 0. The van der Waals surface area contributed by atoms with Gasteiger partial charge in [-0.25, -0.2) is 0 Å². The zero-order chi connectivity index (χ0) is 42.9. The van der Waals surface area contributed by atoms with E-state index >= 15 is 0 Å². The summed E-state index contributed by atoms with van der Waals surface area (Å²) in [5.74, 6) is 1.77. The minimum absolute atomic E-state index is 0.101. The van der Waals surface area contributed by atoms with Crippen molar-refractivity contribution in [3.63, 3.8) is 0 Å². The molecule has 10 aromatic carbocycles.